The van der Waals surface area contributed by atoms with Crippen LogP contribution in [-0.4, -0.2) is 42.2 Å². The Hall–Kier alpha value is -2.08. The number of hydrogen-bond donors (Lipinski definition) is 0. The lowest BCUT2D eigenvalue weighted by molar-refractivity contribution is 0.0825. The summed E-state index contributed by atoms with van der Waals surface area (Å²) in [5.41, 5.74) is 1.12. The van der Waals surface area contributed by atoms with Crippen molar-refractivity contribution in [3.8, 4) is 11.5 Å². The van der Waals surface area contributed by atoms with Gasteiger partial charge < -0.3 is 14.2 Å². The fraction of sp³-hybridized carbons (Fsp3) is 0.600. The molecule has 0 bridgehead atoms. The summed E-state index contributed by atoms with van der Waals surface area (Å²) >= 11 is 0. The first kappa shape index (κ1) is 18.7. The van der Waals surface area contributed by atoms with E-state index >= 15 is 0 Å². The molecule has 142 valence electrons. The second-order valence-corrected chi connectivity index (χ2v) is 6.72. The van der Waals surface area contributed by atoms with Crippen molar-refractivity contribution in [2.24, 2.45) is 0 Å². The molecule has 0 radical (unpaired) electrons. The van der Waals surface area contributed by atoms with Gasteiger partial charge in [-0.2, -0.15) is 5.10 Å². The van der Waals surface area contributed by atoms with Gasteiger partial charge in [0.25, 0.3) is 0 Å². The third-order valence-corrected chi connectivity index (χ3v) is 4.86. The fourth-order valence-corrected chi connectivity index (χ4v) is 3.38. The van der Waals surface area contributed by atoms with Crippen LogP contribution in [0.1, 0.15) is 55.7 Å². The summed E-state index contributed by atoms with van der Waals surface area (Å²) in [6, 6.07) is 5.98. The topological polar surface area (TPSA) is 58.4 Å². The molecule has 1 aliphatic heterocycles. The van der Waals surface area contributed by atoms with Crippen molar-refractivity contribution < 1.29 is 14.2 Å². The predicted molar refractivity (Wildman–Crippen MR) is 100 cm³/mol. The molecule has 1 saturated heterocycles. The maximum absolute atomic E-state index is 5.51. The monoisotopic (exact) mass is 359 g/mol. The van der Waals surface area contributed by atoms with Crippen LogP contribution < -0.4 is 9.47 Å². The Morgan fingerprint density at radius 2 is 1.92 bits per heavy atom. The molecule has 6 heteroatoms. The van der Waals surface area contributed by atoms with Gasteiger partial charge in [0.15, 0.2) is 17.3 Å². The molecular formula is C20H29N3O3. The Balaban J connectivity index is 1.82. The van der Waals surface area contributed by atoms with Crippen molar-refractivity contribution in [3.63, 3.8) is 0 Å². The molecule has 6 nitrogen and oxygen atoms in total. The van der Waals surface area contributed by atoms with E-state index < -0.39 is 0 Å². The van der Waals surface area contributed by atoms with Gasteiger partial charge in [-0.3, -0.25) is 0 Å². The molecule has 0 aliphatic carbocycles. The molecule has 1 fully saturated rings. The standard InChI is InChI=1S/C20H29N3O3/c1-4-5-10-23-20(16-8-11-26-12-9-16)21-19(22-23)14-15-6-7-17(24-2)18(13-15)25-3/h6-7,13,16H,4-5,8-12,14H2,1-3H3. The SMILES string of the molecule is CCCCn1nc(Cc2ccc(OC)c(OC)c2)nc1C1CCOCC1. The average molecular weight is 359 g/mol. The van der Waals surface area contributed by atoms with Gasteiger partial charge in [0.05, 0.1) is 14.2 Å². The van der Waals surface area contributed by atoms with E-state index in [1.807, 2.05) is 18.2 Å². The van der Waals surface area contributed by atoms with Crippen molar-refractivity contribution in [2.45, 2.75) is 51.5 Å². The molecule has 0 atom stereocenters. The van der Waals surface area contributed by atoms with Crippen LogP contribution in [0.5, 0.6) is 11.5 Å². The van der Waals surface area contributed by atoms with Gasteiger partial charge in [0.1, 0.15) is 5.82 Å². The third-order valence-electron chi connectivity index (χ3n) is 4.86. The Kier molecular flexibility index (Phi) is 6.50. The second kappa shape index (κ2) is 9.03. The Bertz CT molecular complexity index is 708. The smallest absolute Gasteiger partial charge is 0.161 e. The predicted octanol–water partition coefficient (Wildman–Crippen LogP) is 3.58. The summed E-state index contributed by atoms with van der Waals surface area (Å²) < 4.78 is 18.4. The molecule has 1 aromatic carbocycles. The van der Waals surface area contributed by atoms with Gasteiger partial charge in [-0.05, 0) is 37.0 Å². The van der Waals surface area contributed by atoms with Crippen molar-refractivity contribution in [2.75, 3.05) is 27.4 Å². The highest BCUT2D eigenvalue weighted by Crippen LogP contribution is 2.29. The summed E-state index contributed by atoms with van der Waals surface area (Å²) in [7, 11) is 3.30. The minimum Gasteiger partial charge on any atom is -0.493 e. The molecular weight excluding hydrogens is 330 g/mol. The van der Waals surface area contributed by atoms with E-state index in [-0.39, 0.29) is 0 Å². The third kappa shape index (κ3) is 4.36. The lowest BCUT2D eigenvalue weighted by Gasteiger charge is -2.21. The van der Waals surface area contributed by atoms with E-state index in [9.17, 15) is 0 Å². The van der Waals surface area contributed by atoms with Crippen LogP contribution in [0.4, 0.5) is 0 Å². The molecule has 0 unspecified atom stereocenters. The quantitative estimate of drug-likeness (QED) is 0.721. The van der Waals surface area contributed by atoms with Crippen molar-refractivity contribution >= 4 is 0 Å². The maximum atomic E-state index is 5.51. The summed E-state index contributed by atoms with van der Waals surface area (Å²) in [5.74, 6) is 3.92. The Morgan fingerprint density at radius 1 is 1.15 bits per heavy atom. The number of ether oxygens (including phenoxy) is 3. The fourth-order valence-electron chi connectivity index (χ4n) is 3.38. The zero-order valence-corrected chi connectivity index (χ0v) is 16.0. The van der Waals surface area contributed by atoms with Crippen LogP contribution in [0.2, 0.25) is 0 Å². The van der Waals surface area contributed by atoms with E-state index in [1.165, 1.54) is 0 Å². The Morgan fingerprint density at radius 3 is 2.62 bits per heavy atom. The van der Waals surface area contributed by atoms with Crippen LogP contribution in [-0.2, 0) is 17.7 Å². The lowest BCUT2D eigenvalue weighted by atomic mass is 9.99. The van der Waals surface area contributed by atoms with Gasteiger partial charge in [-0.15, -0.1) is 0 Å². The molecule has 0 spiro atoms. The van der Waals surface area contributed by atoms with E-state index in [4.69, 9.17) is 24.3 Å². The van der Waals surface area contributed by atoms with Gasteiger partial charge in [0, 0.05) is 32.1 Å². The van der Waals surface area contributed by atoms with Crippen molar-refractivity contribution in [3.05, 3.63) is 35.4 Å². The minimum absolute atomic E-state index is 0.451. The summed E-state index contributed by atoms with van der Waals surface area (Å²) in [4.78, 5) is 4.90. The van der Waals surface area contributed by atoms with Gasteiger partial charge in [-0.1, -0.05) is 19.4 Å². The normalized spacial score (nSPS) is 15.2. The highest BCUT2D eigenvalue weighted by Gasteiger charge is 2.23. The number of benzene rings is 1. The van der Waals surface area contributed by atoms with Crippen LogP contribution in [0.3, 0.4) is 0 Å². The van der Waals surface area contributed by atoms with E-state index in [0.29, 0.717) is 12.3 Å². The number of aromatic nitrogens is 3. The minimum atomic E-state index is 0.451. The van der Waals surface area contributed by atoms with E-state index in [2.05, 4.69) is 11.6 Å². The molecule has 0 N–H and O–H groups in total. The van der Waals surface area contributed by atoms with Crippen molar-refractivity contribution in [1.29, 1.82) is 0 Å². The summed E-state index contributed by atoms with van der Waals surface area (Å²) in [5, 5.41) is 4.81. The Labute approximate surface area is 155 Å². The first-order valence-electron chi connectivity index (χ1n) is 9.47. The second-order valence-electron chi connectivity index (χ2n) is 6.72. The first-order valence-corrected chi connectivity index (χ1v) is 9.47. The van der Waals surface area contributed by atoms with Gasteiger partial charge >= 0.3 is 0 Å². The molecule has 26 heavy (non-hydrogen) atoms. The molecule has 1 aromatic heterocycles. The highest BCUT2D eigenvalue weighted by molar-refractivity contribution is 5.43. The zero-order valence-electron chi connectivity index (χ0n) is 16.0. The summed E-state index contributed by atoms with van der Waals surface area (Å²) in [6.07, 6.45) is 5.02. The van der Waals surface area contributed by atoms with Gasteiger partial charge in [-0.25, -0.2) is 9.67 Å². The van der Waals surface area contributed by atoms with Crippen LogP contribution in [0, 0.1) is 0 Å². The molecule has 2 heterocycles. The van der Waals surface area contributed by atoms with E-state index in [0.717, 1.165) is 74.2 Å². The number of rotatable bonds is 8. The number of nitrogens with zero attached hydrogens (tertiary/aromatic N) is 3. The van der Waals surface area contributed by atoms with Crippen LogP contribution in [0.15, 0.2) is 18.2 Å². The van der Waals surface area contributed by atoms with E-state index in [1.54, 1.807) is 14.2 Å². The number of hydrogen-bond acceptors (Lipinski definition) is 5. The molecule has 0 saturated carbocycles. The highest BCUT2D eigenvalue weighted by atomic mass is 16.5. The van der Waals surface area contributed by atoms with Crippen molar-refractivity contribution in [1.82, 2.24) is 14.8 Å². The van der Waals surface area contributed by atoms with Gasteiger partial charge in [0.2, 0.25) is 0 Å². The number of unbranched alkanes of at least 4 members (excludes halogenated alkanes) is 1. The number of aryl methyl sites for hydroxylation is 1. The number of methoxy groups -OCH3 is 2. The lowest BCUT2D eigenvalue weighted by Crippen LogP contribution is -2.18. The van der Waals surface area contributed by atoms with Crippen LogP contribution >= 0.6 is 0 Å². The molecule has 3 rings (SSSR count). The molecule has 1 aliphatic rings. The molecule has 0 amide bonds. The maximum Gasteiger partial charge on any atom is 0.161 e. The summed E-state index contributed by atoms with van der Waals surface area (Å²) in [6.45, 7) is 4.77. The van der Waals surface area contributed by atoms with Crippen LogP contribution in [0.25, 0.3) is 0 Å². The first-order chi connectivity index (χ1) is 12.7. The average Bonchev–Trinajstić information content (AvgIpc) is 3.09. The zero-order chi connectivity index (χ0) is 18.4. The molecule has 2 aromatic rings. The largest absolute Gasteiger partial charge is 0.493 e.